The van der Waals surface area contributed by atoms with Gasteiger partial charge in [0.2, 0.25) is 0 Å². The van der Waals surface area contributed by atoms with Gasteiger partial charge >= 0.3 is 0 Å². The van der Waals surface area contributed by atoms with Gasteiger partial charge in [-0.3, -0.25) is 0 Å². The molecule has 2 aromatic rings. The molecule has 4 nitrogen and oxygen atoms in total. The molecule has 0 atom stereocenters. The largest absolute Gasteiger partial charge is 0.399 e. The summed E-state index contributed by atoms with van der Waals surface area (Å²) in [6, 6.07) is 7.74. The summed E-state index contributed by atoms with van der Waals surface area (Å²) >= 11 is 0. The van der Waals surface area contributed by atoms with E-state index in [9.17, 15) is 0 Å². The number of benzene rings is 1. The number of anilines is 1. The van der Waals surface area contributed by atoms with Crippen molar-refractivity contribution in [2.24, 2.45) is 0 Å². The zero-order valence-electron chi connectivity index (χ0n) is 7.91. The summed E-state index contributed by atoms with van der Waals surface area (Å²) in [5, 5.41) is 4.01. The van der Waals surface area contributed by atoms with Crippen molar-refractivity contribution < 1.29 is 0 Å². The van der Waals surface area contributed by atoms with E-state index in [-0.39, 0.29) is 24.8 Å². The lowest BCUT2D eigenvalue weighted by molar-refractivity contribution is 0.685. The van der Waals surface area contributed by atoms with Crippen LogP contribution in [0.5, 0.6) is 0 Å². The Kier molecular flexibility index (Phi) is 5.74. The summed E-state index contributed by atoms with van der Waals surface area (Å²) in [6.45, 7) is 0.713. The third-order valence-electron chi connectivity index (χ3n) is 1.76. The molecule has 1 aromatic carbocycles. The van der Waals surface area contributed by atoms with E-state index in [4.69, 9.17) is 5.73 Å². The van der Waals surface area contributed by atoms with Gasteiger partial charge in [-0.25, -0.2) is 9.67 Å². The molecule has 82 valence electrons. The molecule has 0 aliphatic heterocycles. The Balaban J connectivity index is 0.000000980. The highest BCUT2D eigenvalue weighted by Crippen LogP contribution is 2.07. The van der Waals surface area contributed by atoms with Crippen LogP contribution in [-0.2, 0) is 6.54 Å². The topological polar surface area (TPSA) is 56.7 Å². The number of nitrogens with zero attached hydrogens (tertiary/aromatic N) is 3. The minimum absolute atomic E-state index is 0. The average molecular weight is 247 g/mol. The Bertz CT molecular complexity index is 389. The standard InChI is InChI=1S/C9H10N4.2ClH/c10-9-3-1-2-8(4-9)5-13-7-11-6-12-13;;/h1-4,6-7H,5,10H2;2*1H. The highest BCUT2D eigenvalue weighted by atomic mass is 35.5. The van der Waals surface area contributed by atoms with E-state index >= 15 is 0 Å². The molecule has 15 heavy (non-hydrogen) atoms. The van der Waals surface area contributed by atoms with Crippen molar-refractivity contribution >= 4 is 30.5 Å². The normalized spacial score (nSPS) is 8.80. The molecule has 6 heteroatoms. The van der Waals surface area contributed by atoms with Crippen LogP contribution in [-0.4, -0.2) is 14.8 Å². The number of hydrogen-bond acceptors (Lipinski definition) is 3. The Morgan fingerprint density at radius 1 is 1.27 bits per heavy atom. The Morgan fingerprint density at radius 2 is 2.07 bits per heavy atom. The fraction of sp³-hybridized carbons (Fsp3) is 0.111. The predicted molar refractivity (Wildman–Crippen MR) is 64.5 cm³/mol. The van der Waals surface area contributed by atoms with Gasteiger partial charge in [-0.05, 0) is 17.7 Å². The van der Waals surface area contributed by atoms with Gasteiger partial charge in [0, 0.05) is 5.69 Å². The quantitative estimate of drug-likeness (QED) is 0.822. The number of nitrogen functional groups attached to an aromatic ring is 1. The first-order valence-electron chi connectivity index (χ1n) is 4.01. The third kappa shape index (κ3) is 3.77. The van der Waals surface area contributed by atoms with Crippen LogP contribution in [0.4, 0.5) is 5.69 Å². The number of hydrogen-bond donors (Lipinski definition) is 1. The van der Waals surface area contributed by atoms with E-state index in [1.807, 2.05) is 24.3 Å². The van der Waals surface area contributed by atoms with Crippen molar-refractivity contribution in [3.8, 4) is 0 Å². The Labute approximate surface area is 100 Å². The molecule has 0 spiro atoms. The minimum Gasteiger partial charge on any atom is -0.399 e. The third-order valence-corrected chi connectivity index (χ3v) is 1.76. The smallest absolute Gasteiger partial charge is 0.137 e. The van der Waals surface area contributed by atoms with Gasteiger partial charge in [0.15, 0.2) is 0 Å². The van der Waals surface area contributed by atoms with Gasteiger partial charge in [-0.1, -0.05) is 12.1 Å². The average Bonchev–Trinajstić information content (AvgIpc) is 2.57. The summed E-state index contributed by atoms with van der Waals surface area (Å²) in [4.78, 5) is 3.86. The second-order valence-electron chi connectivity index (χ2n) is 2.84. The number of halogens is 2. The molecule has 0 amide bonds. The zero-order valence-corrected chi connectivity index (χ0v) is 9.54. The molecule has 0 fully saturated rings. The van der Waals surface area contributed by atoms with Gasteiger partial charge in [-0.2, -0.15) is 5.10 Å². The zero-order chi connectivity index (χ0) is 9.10. The second kappa shape index (κ2) is 6.27. The molecule has 0 aliphatic carbocycles. The molecule has 1 heterocycles. The first kappa shape index (κ1) is 13.7. The highest BCUT2D eigenvalue weighted by Gasteiger charge is 1.95. The van der Waals surface area contributed by atoms with Gasteiger partial charge in [-0.15, -0.1) is 24.8 Å². The number of aromatic nitrogens is 3. The Hall–Kier alpha value is -1.26. The van der Waals surface area contributed by atoms with Crippen molar-refractivity contribution in [1.29, 1.82) is 0 Å². The number of rotatable bonds is 2. The minimum atomic E-state index is 0. The first-order valence-corrected chi connectivity index (χ1v) is 4.01. The van der Waals surface area contributed by atoms with Crippen LogP contribution in [0.15, 0.2) is 36.9 Å². The summed E-state index contributed by atoms with van der Waals surface area (Å²) in [6.07, 6.45) is 3.20. The molecule has 0 aliphatic rings. The molecule has 1 aromatic heterocycles. The molecule has 2 rings (SSSR count). The van der Waals surface area contributed by atoms with Crippen LogP contribution >= 0.6 is 24.8 Å². The summed E-state index contributed by atoms with van der Waals surface area (Å²) in [5.74, 6) is 0. The number of nitrogens with two attached hydrogens (primary N) is 1. The first-order chi connectivity index (χ1) is 6.34. The van der Waals surface area contributed by atoms with Crippen molar-refractivity contribution in [3.63, 3.8) is 0 Å². The maximum Gasteiger partial charge on any atom is 0.137 e. The van der Waals surface area contributed by atoms with Gasteiger partial charge in [0.1, 0.15) is 12.7 Å². The molecule has 0 saturated heterocycles. The van der Waals surface area contributed by atoms with Crippen LogP contribution < -0.4 is 5.73 Å². The summed E-state index contributed by atoms with van der Waals surface area (Å²) in [7, 11) is 0. The Morgan fingerprint density at radius 3 is 2.67 bits per heavy atom. The highest BCUT2D eigenvalue weighted by molar-refractivity contribution is 5.85. The molecule has 0 unspecified atom stereocenters. The SMILES string of the molecule is Cl.Cl.Nc1cccc(Cn2cncn2)c1. The molecular weight excluding hydrogens is 235 g/mol. The van der Waals surface area contributed by atoms with Crippen LogP contribution in [0.2, 0.25) is 0 Å². The second-order valence-corrected chi connectivity index (χ2v) is 2.84. The molecule has 2 N–H and O–H groups in total. The van der Waals surface area contributed by atoms with Gasteiger partial charge in [0.25, 0.3) is 0 Å². The lowest BCUT2D eigenvalue weighted by Gasteiger charge is -2.01. The van der Waals surface area contributed by atoms with Crippen LogP contribution in [0.3, 0.4) is 0 Å². The van der Waals surface area contributed by atoms with E-state index in [1.54, 1.807) is 11.0 Å². The molecule has 0 bridgehead atoms. The van der Waals surface area contributed by atoms with Crippen LogP contribution in [0.25, 0.3) is 0 Å². The van der Waals surface area contributed by atoms with Crippen molar-refractivity contribution in [2.45, 2.75) is 6.54 Å². The maximum atomic E-state index is 5.64. The molecule has 0 radical (unpaired) electrons. The van der Waals surface area contributed by atoms with Crippen LogP contribution in [0, 0.1) is 0 Å². The van der Waals surface area contributed by atoms with E-state index < -0.39 is 0 Å². The molecular formula is C9H12Cl2N4. The van der Waals surface area contributed by atoms with Crippen molar-refractivity contribution in [1.82, 2.24) is 14.8 Å². The fourth-order valence-corrected chi connectivity index (χ4v) is 1.19. The summed E-state index contributed by atoms with van der Waals surface area (Å²) in [5.41, 5.74) is 7.55. The van der Waals surface area contributed by atoms with E-state index in [0.717, 1.165) is 11.3 Å². The van der Waals surface area contributed by atoms with E-state index in [0.29, 0.717) is 6.54 Å². The van der Waals surface area contributed by atoms with Gasteiger partial charge in [0.05, 0.1) is 6.54 Å². The van der Waals surface area contributed by atoms with Crippen LogP contribution in [0.1, 0.15) is 5.56 Å². The lowest BCUT2D eigenvalue weighted by atomic mass is 10.2. The van der Waals surface area contributed by atoms with Crippen molar-refractivity contribution in [3.05, 3.63) is 42.5 Å². The summed E-state index contributed by atoms with van der Waals surface area (Å²) < 4.78 is 1.76. The fourth-order valence-electron chi connectivity index (χ4n) is 1.19. The molecule has 0 saturated carbocycles. The maximum absolute atomic E-state index is 5.64. The predicted octanol–water partition coefficient (Wildman–Crippen LogP) is 1.75. The van der Waals surface area contributed by atoms with Gasteiger partial charge < -0.3 is 5.73 Å². The van der Waals surface area contributed by atoms with E-state index in [1.165, 1.54) is 6.33 Å². The van der Waals surface area contributed by atoms with Crippen molar-refractivity contribution in [2.75, 3.05) is 5.73 Å². The van der Waals surface area contributed by atoms with E-state index in [2.05, 4.69) is 10.1 Å². The lowest BCUT2D eigenvalue weighted by Crippen LogP contribution is -2.00. The monoisotopic (exact) mass is 246 g/mol.